The molecule has 2 heterocycles. The van der Waals surface area contributed by atoms with Crippen molar-refractivity contribution in [2.24, 2.45) is 0 Å². The number of hydrogen-bond acceptors (Lipinski definition) is 6. The van der Waals surface area contributed by atoms with Gasteiger partial charge in [-0.25, -0.2) is 4.39 Å². The Labute approximate surface area is 114 Å². The molecule has 7 nitrogen and oxygen atoms in total. The molecule has 1 aliphatic rings. The Balaban J connectivity index is 1.83. The van der Waals surface area contributed by atoms with Gasteiger partial charge >= 0.3 is 0 Å². The first-order valence-corrected chi connectivity index (χ1v) is 6.46. The maximum absolute atomic E-state index is 14.1. The maximum atomic E-state index is 14.1. The molecule has 108 valence electrons. The van der Waals surface area contributed by atoms with Crippen LogP contribution in [0.4, 0.5) is 10.1 Å². The molecule has 0 saturated carbocycles. The van der Waals surface area contributed by atoms with Crippen molar-refractivity contribution in [3.8, 4) is 0 Å². The molecule has 3 rings (SSSR count). The van der Waals surface area contributed by atoms with Gasteiger partial charge in [0, 0.05) is 50.0 Å². The van der Waals surface area contributed by atoms with Gasteiger partial charge in [0.1, 0.15) is 0 Å². The minimum atomic E-state index is -0.415. The van der Waals surface area contributed by atoms with E-state index in [1.54, 1.807) is 0 Å². The Kier molecular flexibility index (Phi) is 3.41. The summed E-state index contributed by atoms with van der Waals surface area (Å²) in [5.74, 6) is -0.415. The molecule has 0 aliphatic carbocycles. The maximum Gasteiger partial charge on any atom is 0.251 e. The third kappa shape index (κ3) is 2.27. The summed E-state index contributed by atoms with van der Waals surface area (Å²) in [4.78, 5) is 4.27. The lowest BCUT2D eigenvalue weighted by atomic mass is 10.2. The van der Waals surface area contributed by atoms with Crippen molar-refractivity contribution < 1.29 is 19.0 Å². The summed E-state index contributed by atoms with van der Waals surface area (Å²) in [6.07, 6.45) is 0. The quantitative estimate of drug-likeness (QED) is 0.780. The summed E-state index contributed by atoms with van der Waals surface area (Å²) in [6, 6.07) is 2.68. The predicted molar refractivity (Wildman–Crippen MR) is 68.7 cm³/mol. The van der Waals surface area contributed by atoms with Gasteiger partial charge in [-0.15, -0.1) is 0 Å². The molecule has 1 fully saturated rings. The van der Waals surface area contributed by atoms with Gasteiger partial charge in [0.15, 0.2) is 5.82 Å². The number of rotatable bonds is 3. The molecule has 1 N–H and O–H groups in total. The molecule has 20 heavy (non-hydrogen) atoms. The van der Waals surface area contributed by atoms with Crippen LogP contribution in [0.15, 0.2) is 16.8 Å². The number of fused-ring (bicyclic) bond motifs is 1. The Hall–Kier alpha value is -1.93. The van der Waals surface area contributed by atoms with Crippen molar-refractivity contribution >= 4 is 16.7 Å². The summed E-state index contributed by atoms with van der Waals surface area (Å²) in [5.41, 5.74) is 0.813. The van der Waals surface area contributed by atoms with Crippen molar-refractivity contribution in [1.29, 1.82) is 0 Å². The zero-order chi connectivity index (χ0) is 14.1. The normalized spacial score (nSPS) is 17.0. The molecule has 0 unspecified atom stereocenters. The van der Waals surface area contributed by atoms with Gasteiger partial charge in [-0.3, -0.25) is 9.53 Å². The average Bonchev–Trinajstić information content (AvgIpc) is 2.80. The van der Waals surface area contributed by atoms with E-state index in [9.17, 15) is 9.60 Å². The largest absolute Gasteiger partial charge is 0.395 e. The second kappa shape index (κ2) is 5.22. The molecule has 0 bridgehead atoms. The Bertz CT molecular complexity index is 610. The second-order valence-electron chi connectivity index (χ2n) is 4.77. The lowest BCUT2D eigenvalue weighted by Gasteiger charge is -2.35. The molecule has 1 saturated heterocycles. The fraction of sp³-hybridized carbons (Fsp3) is 0.500. The van der Waals surface area contributed by atoms with Crippen molar-refractivity contribution in [1.82, 2.24) is 10.1 Å². The summed E-state index contributed by atoms with van der Waals surface area (Å²) < 4.78 is 18.5. The minimum absolute atomic E-state index is 0.122. The SMILES string of the molecule is [O-][n+]1onc2cc(F)c(N3CCN(CCO)CC3)cc21. The standard InChI is InChI=1S/C12H15FN4O3/c13-9-7-10-12(17(19)20-14-10)8-11(9)16-3-1-15(2-4-16)5-6-18/h7-8,18H,1-6H2. The highest BCUT2D eigenvalue weighted by Gasteiger charge is 2.22. The van der Waals surface area contributed by atoms with Crippen LogP contribution in [0.3, 0.4) is 0 Å². The molecule has 0 atom stereocenters. The number of piperazine rings is 1. The molecule has 8 heteroatoms. The molecule has 1 aromatic heterocycles. The van der Waals surface area contributed by atoms with Gasteiger partial charge in [-0.05, 0) is 4.90 Å². The van der Waals surface area contributed by atoms with Gasteiger partial charge < -0.3 is 15.2 Å². The predicted octanol–water partition coefficient (Wildman–Crippen LogP) is -0.285. The first-order chi connectivity index (χ1) is 9.69. The van der Waals surface area contributed by atoms with E-state index in [-0.39, 0.29) is 22.5 Å². The monoisotopic (exact) mass is 282 g/mol. The molecular weight excluding hydrogens is 267 g/mol. The fourth-order valence-electron chi connectivity index (χ4n) is 2.48. The number of halogens is 1. The van der Waals surface area contributed by atoms with Gasteiger partial charge in [0.25, 0.3) is 5.52 Å². The Morgan fingerprint density at radius 3 is 2.80 bits per heavy atom. The first-order valence-electron chi connectivity index (χ1n) is 6.46. The van der Waals surface area contributed by atoms with Crippen LogP contribution in [-0.4, -0.2) is 54.5 Å². The van der Waals surface area contributed by atoms with E-state index >= 15 is 0 Å². The smallest absolute Gasteiger partial charge is 0.251 e. The Morgan fingerprint density at radius 2 is 2.10 bits per heavy atom. The number of benzene rings is 1. The zero-order valence-corrected chi connectivity index (χ0v) is 10.8. The third-order valence-corrected chi connectivity index (χ3v) is 3.58. The second-order valence-corrected chi connectivity index (χ2v) is 4.77. The van der Waals surface area contributed by atoms with Gasteiger partial charge in [0.05, 0.1) is 12.3 Å². The van der Waals surface area contributed by atoms with Gasteiger partial charge in [-0.2, -0.15) is 0 Å². The van der Waals surface area contributed by atoms with Crippen LogP contribution in [0.1, 0.15) is 0 Å². The molecule has 1 aliphatic heterocycles. The molecule has 0 spiro atoms. The highest BCUT2D eigenvalue weighted by molar-refractivity contribution is 5.76. The third-order valence-electron chi connectivity index (χ3n) is 3.58. The fourth-order valence-corrected chi connectivity index (χ4v) is 2.48. The zero-order valence-electron chi connectivity index (χ0n) is 10.8. The van der Waals surface area contributed by atoms with E-state index in [0.717, 1.165) is 13.1 Å². The van der Waals surface area contributed by atoms with Gasteiger partial charge in [-0.1, -0.05) is 0 Å². The molecule has 2 aromatic rings. The van der Waals surface area contributed by atoms with E-state index in [4.69, 9.17) is 5.11 Å². The van der Waals surface area contributed by atoms with Crippen LogP contribution in [0.5, 0.6) is 0 Å². The number of anilines is 1. The van der Waals surface area contributed by atoms with Crippen LogP contribution in [0.25, 0.3) is 11.0 Å². The van der Waals surface area contributed by atoms with Crippen molar-refractivity contribution in [2.75, 3.05) is 44.2 Å². The molecule has 1 aromatic carbocycles. The number of aromatic nitrogens is 2. The van der Waals surface area contributed by atoms with E-state index in [0.29, 0.717) is 25.3 Å². The topological polar surface area (TPSA) is 79.7 Å². The average molecular weight is 282 g/mol. The first kappa shape index (κ1) is 13.1. The summed E-state index contributed by atoms with van der Waals surface area (Å²) in [7, 11) is 0. The number of β-amino-alcohol motifs (C(OH)–C–C–N with tert-alkyl or cyclic N) is 1. The van der Waals surface area contributed by atoms with Crippen LogP contribution >= 0.6 is 0 Å². The van der Waals surface area contributed by atoms with E-state index in [2.05, 4.69) is 14.7 Å². The van der Waals surface area contributed by atoms with E-state index in [1.807, 2.05) is 4.90 Å². The van der Waals surface area contributed by atoms with E-state index < -0.39 is 5.82 Å². The van der Waals surface area contributed by atoms with E-state index in [1.165, 1.54) is 12.1 Å². The van der Waals surface area contributed by atoms with Gasteiger partial charge in [0.2, 0.25) is 5.52 Å². The van der Waals surface area contributed by atoms with Crippen LogP contribution in [-0.2, 0) is 0 Å². The van der Waals surface area contributed by atoms with Crippen LogP contribution < -0.4 is 9.80 Å². The van der Waals surface area contributed by atoms with Crippen molar-refractivity contribution in [3.63, 3.8) is 0 Å². The number of aliphatic hydroxyl groups is 1. The minimum Gasteiger partial charge on any atom is -0.395 e. The number of nitrogens with zero attached hydrogens (tertiary/aromatic N) is 4. The lowest BCUT2D eigenvalue weighted by molar-refractivity contribution is -0.782. The lowest BCUT2D eigenvalue weighted by Crippen LogP contribution is -2.47. The number of hydrogen-bond donors (Lipinski definition) is 1. The summed E-state index contributed by atoms with van der Waals surface area (Å²) >= 11 is 0. The summed E-state index contributed by atoms with van der Waals surface area (Å²) in [6.45, 7) is 3.54. The van der Waals surface area contributed by atoms with Crippen LogP contribution in [0, 0.1) is 11.0 Å². The highest BCUT2D eigenvalue weighted by atomic mass is 19.1. The molecule has 0 amide bonds. The summed E-state index contributed by atoms with van der Waals surface area (Å²) in [5, 5.41) is 23.8. The molecule has 0 radical (unpaired) electrons. The molecular formula is C12H15FN4O3. The highest BCUT2D eigenvalue weighted by Crippen LogP contribution is 2.24. The number of aliphatic hydroxyl groups excluding tert-OH is 1. The van der Waals surface area contributed by atoms with Crippen LogP contribution in [0.2, 0.25) is 0 Å². The van der Waals surface area contributed by atoms with Crippen molar-refractivity contribution in [3.05, 3.63) is 23.2 Å². The van der Waals surface area contributed by atoms with Crippen molar-refractivity contribution in [2.45, 2.75) is 0 Å². The Morgan fingerprint density at radius 1 is 1.35 bits per heavy atom.